The summed E-state index contributed by atoms with van der Waals surface area (Å²) >= 11 is 0. The molecular formula is C17H26N2. The van der Waals surface area contributed by atoms with Gasteiger partial charge in [0.1, 0.15) is 0 Å². The molecule has 1 aromatic carbocycles. The predicted molar refractivity (Wildman–Crippen MR) is 81.8 cm³/mol. The van der Waals surface area contributed by atoms with Gasteiger partial charge in [-0.15, -0.1) is 0 Å². The van der Waals surface area contributed by atoms with Crippen molar-refractivity contribution < 1.29 is 0 Å². The molecule has 1 saturated heterocycles. The largest absolute Gasteiger partial charge is 0.384 e. The molecule has 1 fully saturated rings. The van der Waals surface area contributed by atoms with Crippen LogP contribution in [0.2, 0.25) is 0 Å². The van der Waals surface area contributed by atoms with Gasteiger partial charge in [0.2, 0.25) is 0 Å². The molecule has 0 saturated carbocycles. The van der Waals surface area contributed by atoms with E-state index < -0.39 is 0 Å². The van der Waals surface area contributed by atoms with Crippen molar-refractivity contribution in [2.75, 3.05) is 25.0 Å². The molecule has 0 radical (unpaired) electrons. The van der Waals surface area contributed by atoms with Crippen LogP contribution in [0.4, 0.5) is 5.69 Å². The lowest BCUT2D eigenvalue weighted by atomic mass is 9.99. The third kappa shape index (κ3) is 2.94. The van der Waals surface area contributed by atoms with E-state index in [1.807, 2.05) is 0 Å². The number of likely N-dealkylation sites (tertiary alicyclic amines) is 1. The van der Waals surface area contributed by atoms with Crippen molar-refractivity contribution >= 4 is 5.69 Å². The zero-order valence-electron chi connectivity index (χ0n) is 12.1. The van der Waals surface area contributed by atoms with Gasteiger partial charge in [-0.2, -0.15) is 0 Å². The number of hydrogen-bond acceptors (Lipinski definition) is 2. The maximum absolute atomic E-state index is 3.44. The number of nitrogens with one attached hydrogen (secondary N) is 1. The van der Waals surface area contributed by atoms with Gasteiger partial charge < -0.3 is 10.2 Å². The van der Waals surface area contributed by atoms with Crippen molar-refractivity contribution in [2.45, 2.75) is 51.5 Å². The van der Waals surface area contributed by atoms with E-state index in [0.29, 0.717) is 0 Å². The Bertz CT molecular complexity index is 427. The second kappa shape index (κ2) is 5.96. The number of piperidine rings is 1. The standard InChI is InChI=1S/C17H26N2/c1-2-16-5-3-4-11-19(16)12-9-14-6-7-17-15(13-14)8-10-18-17/h6-7,13,16,18H,2-5,8-12H2,1H3. The molecule has 2 heterocycles. The molecule has 2 aliphatic heterocycles. The molecule has 0 bridgehead atoms. The van der Waals surface area contributed by atoms with Gasteiger partial charge in [0.05, 0.1) is 0 Å². The molecule has 104 valence electrons. The number of nitrogens with zero attached hydrogens (tertiary/aromatic N) is 1. The van der Waals surface area contributed by atoms with Crippen LogP contribution < -0.4 is 5.32 Å². The zero-order valence-corrected chi connectivity index (χ0v) is 12.1. The maximum Gasteiger partial charge on any atom is 0.0373 e. The minimum atomic E-state index is 0.838. The molecule has 1 atom stereocenters. The Hall–Kier alpha value is -1.02. The Morgan fingerprint density at radius 1 is 1.32 bits per heavy atom. The van der Waals surface area contributed by atoms with E-state index >= 15 is 0 Å². The Balaban J connectivity index is 1.59. The van der Waals surface area contributed by atoms with E-state index in [1.165, 1.54) is 68.4 Å². The van der Waals surface area contributed by atoms with Crippen LogP contribution in [0.25, 0.3) is 0 Å². The van der Waals surface area contributed by atoms with Gasteiger partial charge in [-0.05, 0) is 55.8 Å². The van der Waals surface area contributed by atoms with Crippen LogP contribution in [0.15, 0.2) is 18.2 Å². The summed E-state index contributed by atoms with van der Waals surface area (Å²) in [5.41, 5.74) is 4.39. The number of anilines is 1. The Labute approximate surface area is 117 Å². The molecule has 0 amide bonds. The first-order chi connectivity index (χ1) is 9.36. The highest BCUT2D eigenvalue weighted by atomic mass is 15.2. The fourth-order valence-corrected chi connectivity index (χ4v) is 3.60. The van der Waals surface area contributed by atoms with Crippen molar-refractivity contribution in [1.82, 2.24) is 4.90 Å². The fraction of sp³-hybridized carbons (Fsp3) is 0.647. The monoisotopic (exact) mass is 258 g/mol. The second-order valence-corrected chi connectivity index (χ2v) is 6.01. The van der Waals surface area contributed by atoms with Crippen molar-refractivity contribution in [2.24, 2.45) is 0 Å². The fourth-order valence-electron chi connectivity index (χ4n) is 3.60. The van der Waals surface area contributed by atoms with Crippen molar-refractivity contribution in [3.63, 3.8) is 0 Å². The first-order valence-electron chi connectivity index (χ1n) is 7.96. The molecule has 1 aromatic rings. The van der Waals surface area contributed by atoms with E-state index in [-0.39, 0.29) is 0 Å². The van der Waals surface area contributed by atoms with E-state index in [2.05, 4.69) is 35.3 Å². The van der Waals surface area contributed by atoms with Crippen molar-refractivity contribution in [3.8, 4) is 0 Å². The minimum absolute atomic E-state index is 0.838. The first kappa shape index (κ1) is 13.0. The summed E-state index contributed by atoms with van der Waals surface area (Å²) in [6.45, 7) is 6.00. The number of rotatable bonds is 4. The van der Waals surface area contributed by atoms with E-state index in [9.17, 15) is 0 Å². The van der Waals surface area contributed by atoms with Crippen molar-refractivity contribution in [1.29, 1.82) is 0 Å². The zero-order chi connectivity index (χ0) is 13.1. The third-order valence-electron chi connectivity index (χ3n) is 4.79. The SMILES string of the molecule is CCC1CCCCN1CCc1ccc2c(c1)CCN2. The average molecular weight is 258 g/mol. The van der Waals surface area contributed by atoms with Crippen molar-refractivity contribution in [3.05, 3.63) is 29.3 Å². The van der Waals surface area contributed by atoms with Gasteiger partial charge >= 0.3 is 0 Å². The van der Waals surface area contributed by atoms with Crippen LogP contribution in [0.3, 0.4) is 0 Å². The minimum Gasteiger partial charge on any atom is -0.384 e. The highest BCUT2D eigenvalue weighted by Crippen LogP contribution is 2.24. The van der Waals surface area contributed by atoms with Gasteiger partial charge in [-0.25, -0.2) is 0 Å². The maximum atomic E-state index is 3.44. The van der Waals surface area contributed by atoms with Gasteiger partial charge in [-0.3, -0.25) is 0 Å². The summed E-state index contributed by atoms with van der Waals surface area (Å²) in [5.74, 6) is 0. The summed E-state index contributed by atoms with van der Waals surface area (Å²) in [4.78, 5) is 2.72. The van der Waals surface area contributed by atoms with E-state index in [0.717, 1.165) is 12.6 Å². The predicted octanol–water partition coefficient (Wildman–Crippen LogP) is 3.46. The summed E-state index contributed by atoms with van der Waals surface area (Å²) in [6.07, 6.45) is 7.96. The lowest BCUT2D eigenvalue weighted by Crippen LogP contribution is -2.40. The summed E-state index contributed by atoms with van der Waals surface area (Å²) < 4.78 is 0. The van der Waals surface area contributed by atoms with Crippen LogP contribution in [0.1, 0.15) is 43.7 Å². The van der Waals surface area contributed by atoms with Gasteiger partial charge in [0.15, 0.2) is 0 Å². The normalized spacial score (nSPS) is 23.1. The van der Waals surface area contributed by atoms with Crippen LogP contribution in [-0.2, 0) is 12.8 Å². The molecular weight excluding hydrogens is 232 g/mol. The summed E-state index contributed by atoms with van der Waals surface area (Å²) in [5, 5.41) is 3.44. The molecule has 2 heteroatoms. The second-order valence-electron chi connectivity index (χ2n) is 6.01. The van der Waals surface area contributed by atoms with Gasteiger partial charge in [0, 0.05) is 24.8 Å². The van der Waals surface area contributed by atoms with Crippen LogP contribution in [-0.4, -0.2) is 30.6 Å². The quantitative estimate of drug-likeness (QED) is 0.889. The lowest BCUT2D eigenvalue weighted by molar-refractivity contribution is 0.146. The molecule has 1 N–H and O–H groups in total. The average Bonchev–Trinajstić information content (AvgIpc) is 2.93. The summed E-state index contributed by atoms with van der Waals surface area (Å²) in [6, 6.07) is 7.83. The molecule has 0 spiro atoms. The molecule has 2 nitrogen and oxygen atoms in total. The summed E-state index contributed by atoms with van der Waals surface area (Å²) in [7, 11) is 0. The first-order valence-corrected chi connectivity index (χ1v) is 7.96. The molecule has 2 aliphatic rings. The third-order valence-corrected chi connectivity index (χ3v) is 4.79. The highest BCUT2D eigenvalue weighted by molar-refractivity contribution is 5.56. The number of benzene rings is 1. The highest BCUT2D eigenvalue weighted by Gasteiger charge is 2.20. The lowest BCUT2D eigenvalue weighted by Gasteiger charge is -2.35. The Morgan fingerprint density at radius 3 is 3.16 bits per heavy atom. The van der Waals surface area contributed by atoms with E-state index in [1.54, 1.807) is 0 Å². The van der Waals surface area contributed by atoms with Crippen LogP contribution in [0, 0.1) is 0 Å². The Morgan fingerprint density at radius 2 is 2.26 bits per heavy atom. The van der Waals surface area contributed by atoms with E-state index in [4.69, 9.17) is 0 Å². The molecule has 0 aromatic heterocycles. The number of hydrogen-bond donors (Lipinski definition) is 1. The smallest absolute Gasteiger partial charge is 0.0373 e. The molecule has 1 unspecified atom stereocenters. The van der Waals surface area contributed by atoms with Gasteiger partial charge in [-0.1, -0.05) is 25.5 Å². The van der Waals surface area contributed by atoms with Crippen LogP contribution in [0.5, 0.6) is 0 Å². The Kier molecular flexibility index (Phi) is 4.07. The number of fused-ring (bicyclic) bond motifs is 1. The topological polar surface area (TPSA) is 15.3 Å². The molecule has 19 heavy (non-hydrogen) atoms. The van der Waals surface area contributed by atoms with Crippen LogP contribution >= 0.6 is 0 Å². The molecule has 3 rings (SSSR count). The van der Waals surface area contributed by atoms with Gasteiger partial charge in [0.25, 0.3) is 0 Å². The molecule has 0 aliphatic carbocycles.